The molecule has 7 nitrogen and oxygen atoms in total. The Bertz CT molecular complexity index is 1150. The van der Waals surface area contributed by atoms with Gasteiger partial charge in [-0.3, -0.25) is 19.3 Å². The number of para-hydroxylation sites is 2. The van der Waals surface area contributed by atoms with Gasteiger partial charge < -0.3 is 15.0 Å². The number of aromatic nitrogens is 1. The molecule has 30 heavy (non-hydrogen) atoms. The average Bonchev–Trinajstić information content (AvgIpc) is 3.20. The number of thioether (sulfide) groups is 1. The zero-order chi connectivity index (χ0) is 21.1. The molecule has 0 saturated carbocycles. The summed E-state index contributed by atoms with van der Waals surface area (Å²) in [4.78, 5) is 38.0. The molecule has 3 amide bonds. The number of ether oxygens (including phenoxy) is 1. The van der Waals surface area contributed by atoms with E-state index in [4.69, 9.17) is 10.5 Å². The third-order valence-electron chi connectivity index (χ3n) is 4.63. The van der Waals surface area contributed by atoms with Crippen molar-refractivity contribution < 1.29 is 19.1 Å². The van der Waals surface area contributed by atoms with E-state index >= 15 is 0 Å². The number of carbonyl (C=O) groups is 3. The van der Waals surface area contributed by atoms with Crippen LogP contribution in [0.4, 0.5) is 4.79 Å². The molecule has 0 unspecified atom stereocenters. The molecule has 1 aromatic heterocycles. The van der Waals surface area contributed by atoms with E-state index in [0.29, 0.717) is 10.7 Å². The van der Waals surface area contributed by atoms with Crippen LogP contribution >= 0.6 is 11.8 Å². The highest BCUT2D eigenvalue weighted by Crippen LogP contribution is 2.34. The van der Waals surface area contributed by atoms with Gasteiger partial charge in [0.1, 0.15) is 18.9 Å². The maximum atomic E-state index is 12.8. The summed E-state index contributed by atoms with van der Waals surface area (Å²) < 4.78 is 7.33. The Hall–Kier alpha value is -3.52. The van der Waals surface area contributed by atoms with Crippen LogP contribution in [0.1, 0.15) is 5.56 Å². The van der Waals surface area contributed by atoms with E-state index in [2.05, 4.69) is 0 Å². The number of carbonyl (C=O) groups excluding carboxylic acids is 3. The molecule has 0 spiro atoms. The number of primary amides is 1. The lowest BCUT2D eigenvalue weighted by Crippen LogP contribution is -2.32. The van der Waals surface area contributed by atoms with Gasteiger partial charge in [0.05, 0.1) is 11.4 Å². The van der Waals surface area contributed by atoms with Crippen LogP contribution in [-0.2, 0) is 16.1 Å². The molecule has 0 atom stereocenters. The highest BCUT2D eigenvalue weighted by atomic mass is 32.2. The summed E-state index contributed by atoms with van der Waals surface area (Å²) >= 11 is 0.897. The Balaban J connectivity index is 1.53. The minimum atomic E-state index is -0.457. The van der Waals surface area contributed by atoms with Gasteiger partial charge in [0, 0.05) is 22.7 Å². The smallest absolute Gasteiger partial charge is 0.293 e. The van der Waals surface area contributed by atoms with Gasteiger partial charge >= 0.3 is 0 Å². The standard InChI is InChI=1S/C22H19N3O4S/c23-20(26)14-24-13-15(17-8-4-5-9-18(17)24)12-19-21(27)25(22(28)30-19)10-11-29-16-6-2-1-3-7-16/h1-9,12-13H,10-11,14H2,(H2,23,26)/b19-12-. The van der Waals surface area contributed by atoms with E-state index < -0.39 is 5.91 Å². The van der Waals surface area contributed by atoms with Crippen LogP contribution in [0, 0.1) is 0 Å². The first kappa shape index (κ1) is 19.8. The monoisotopic (exact) mass is 421 g/mol. The van der Waals surface area contributed by atoms with Crippen LogP contribution in [0.15, 0.2) is 65.7 Å². The molecule has 2 aromatic carbocycles. The second kappa shape index (κ2) is 8.46. The van der Waals surface area contributed by atoms with Gasteiger partial charge in [-0.25, -0.2) is 0 Å². The van der Waals surface area contributed by atoms with Crippen molar-refractivity contribution in [3.8, 4) is 5.75 Å². The van der Waals surface area contributed by atoms with Gasteiger partial charge in [0.15, 0.2) is 0 Å². The summed E-state index contributed by atoms with van der Waals surface area (Å²) in [6.07, 6.45) is 3.45. The van der Waals surface area contributed by atoms with Crippen LogP contribution in [0.5, 0.6) is 5.75 Å². The molecule has 152 valence electrons. The zero-order valence-corrected chi connectivity index (χ0v) is 16.8. The molecular formula is C22H19N3O4S. The quantitative estimate of drug-likeness (QED) is 0.591. The van der Waals surface area contributed by atoms with E-state index in [1.807, 2.05) is 54.6 Å². The number of rotatable bonds is 7. The summed E-state index contributed by atoms with van der Waals surface area (Å²) in [6.45, 7) is 0.417. The molecule has 1 aliphatic heterocycles. The number of hydrogen-bond acceptors (Lipinski definition) is 5. The van der Waals surface area contributed by atoms with Gasteiger partial charge in [0.25, 0.3) is 11.1 Å². The Labute approximate surface area is 177 Å². The fraction of sp³-hybridized carbons (Fsp3) is 0.136. The predicted molar refractivity (Wildman–Crippen MR) is 116 cm³/mol. The Morgan fingerprint density at radius 1 is 1.07 bits per heavy atom. The van der Waals surface area contributed by atoms with E-state index in [0.717, 1.165) is 28.2 Å². The summed E-state index contributed by atoms with van der Waals surface area (Å²) in [6, 6.07) is 16.7. The summed E-state index contributed by atoms with van der Waals surface area (Å²) in [5.74, 6) is -0.128. The van der Waals surface area contributed by atoms with Crippen molar-refractivity contribution in [1.29, 1.82) is 0 Å². The van der Waals surface area contributed by atoms with Crippen LogP contribution in [0.25, 0.3) is 17.0 Å². The summed E-state index contributed by atoms with van der Waals surface area (Å²) in [5, 5.41) is 0.543. The molecular weight excluding hydrogens is 402 g/mol. The van der Waals surface area contributed by atoms with Crippen LogP contribution in [0.2, 0.25) is 0 Å². The van der Waals surface area contributed by atoms with Crippen molar-refractivity contribution in [2.24, 2.45) is 5.73 Å². The lowest BCUT2D eigenvalue weighted by atomic mass is 10.1. The number of fused-ring (bicyclic) bond motifs is 1. The Kier molecular flexibility index (Phi) is 5.58. The highest BCUT2D eigenvalue weighted by molar-refractivity contribution is 8.18. The third kappa shape index (κ3) is 4.08. The van der Waals surface area contributed by atoms with Crippen LogP contribution < -0.4 is 10.5 Å². The maximum Gasteiger partial charge on any atom is 0.293 e. The lowest BCUT2D eigenvalue weighted by Gasteiger charge is -2.13. The molecule has 2 N–H and O–H groups in total. The van der Waals surface area contributed by atoms with E-state index in [9.17, 15) is 14.4 Å². The van der Waals surface area contributed by atoms with Crippen molar-refractivity contribution in [2.45, 2.75) is 6.54 Å². The molecule has 1 aliphatic rings. The molecule has 3 aromatic rings. The molecule has 1 saturated heterocycles. The minimum absolute atomic E-state index is 0.0344. The van der Waals surface area contributed by atoms with Crippen molar-refractivity contribution in [1.82, 2.24) is 9.47 Å². The lowest BCUT2D eigenvalue weighted by molar-refractivity contribution is -0.123. The second-order valence-electron chi connectivity index (χ2n) is 6.69. The van der Waals surface area contributed by atoms with Gasteiger partial charge in [0.2, 0.25) is 5.91 Å². The fourth-order valence-corrected chi connectivity index (χ4v) is 4.15. The van der Waals surface area contributed by atoms with Gasteiger partial charge in [-0.1, -0.05) is 36.4 Å². The van der Waals surface area contributed by atoms with Crippen molar-refractivity contribution in [3.63, 3.8) is 0 Å². The zero-order valence-electron chi connectivity index (χ0n) is 16.0. The Morgan fingerprint density at radius 3 is 2.57 bits per heavy atom. The maximum absolute atomic E-state index is 12.8. The summed E-state index contributed by atoms with van der Waals surface area (Å²) in [7, 11) is 0. The first-order chi connectivity index (χ1) is 14.5. The molecule has 1 fully saturated rings. The first-order valence-electron chi connectivity index (χ1n) is 9.32. The van der Waals surface area contributed by atoms with E-state index in [-0.39, 0.29) is 30.8 Å². The topological polar surface area (TPSA) is 94.6 Å². The van der Waals surface area contributed by atoms with Crippen LogP contribution in [0.3, 0.4) is 0 Å². The predicted octanol–water partition coefficient (Wildman–Crippen LogP) is 3.24. The summed E-state index contributed by atoms with van der Waals surface area (Å²) in [5.41, 5.74) is 6.92. The van der Waals surface area contributed by atoms with Gasteiger partial charge in [-0.2, -0.15) is 0 Å². The average molecular weight is 421 g/mol. The number of nitrogens with zero attached hydrogens (tertiary/aromatic N) is 2. The van der Waals surface area contributed by atoms with Crippen LogP contribution in [-0.4, -0.2) is 39.7 Å². The molecule has 0 bridgehead atoms. The number of nitrogens with two attached hydrogens (primary N) is 1. The third-order valence-corrected chi connectivity index (χ3v) is 5.54. The molecule has 8 heteroatoms. The van der Waals surface area contributed by atoms with Gasteiger partial charge in [-0.05, 0) is 36.0 Å². The number of hydrogen-bond donors (Lipinski definition) is 1. The normalized spacial score (nSPS) is 15.3. The second-order valence-corrected chi connectivity index (χ2v) is 7.68. The molecule has 4 rings (SSSR count). The number of imide groups is 1. The molecule has 0 radical (unpaired) electrons. The van der Waals surface area contributed by atoms with Crippen molar-refractivity contribution >= 4 is 45.8 Å². The Morgan fingerprint density at radius 2 is 1.80 bits per heavy atom. The van der Waals surface area contributed by atoms with E-state index in [1.54, 1.807) is 16.8 Å². The molecule has 2 heterocycles. The van der Waals surface area contributed by atoms with Crippen molar-refractivity contribution in [3.05, 3.63) is 71.3 Å². The fourth-order valence-electron chi connectivity index (χ4n) is 3.29. The largest absolute Gasteiger partial charge is 0.492 e. The van der Waals surface area contributed by atoms with Gasteiger partial charge in [-0.15, -0.1) is 0 Å². The number of amides is 3. The van der Waals surface area contributed by atoms with E-state index in [1.165, 1.54) is 4.90 Å². The first-order valence-corrected chi connectivity index (χ1v) is 10.1. The molecule has 0 aliphatic carbocycles. The number of benzene rings is 2. The minimum Gasteiger partial charge on any atom is -0.492 e. The SMILES string of the molecule is NC(=O)Cn1cc(/C=C2\SC(=O)N(CCOc3ccccc3)C2=O)c2ccccc21. The highest BCUT2D eigenvalue weighted by Gasteiger charge is 2.35. The van der Waals surface area contributed by atoms with Crippen molar-refractivity contribution in [2.75, 3.05) is 13.2 Å².